The van der Waals surface area contributed by atoms with E-state index in [1.54, 1.807) is 0 Å². The predicted octanol–water partition coefficient (Wildman–Crippen LogP) is 4.48. The van der Waals surface area contributed by atoms with Crippen molar-refractivity contribution >= 4 is 11.7 Å². The number of carbonyl (C=O) groups is 1. The first-order valence-corrected chi connectivity index (χ1v) is 8.15. The second-order valence-corrected chi connectivity index (χ2v) is 6.46. The fourth-order valence-electron chi connectivity index (χ4n) is 2.87. The third kappa shape index (κ3) is 3.38. The molecule has 5 nitrogen and oxygen atoms in total. The normalized spacial score (nSPS) is 17.7. The van der Waals surface area contributed by atoms with Gasteiger partial charge >= 0.3 is 6.03 Å². The van der Waals surface area contributed by atoms with Crippen molar-refractivity contribution in [2.24, 2.45) is 0 Å². The van der Waals surface area contributed by atoms with Crippen LogP contribution in [0, 0.1) is 6.92 Å². The smallest absolute Gasteiger partial charge is 0.322 e. The lowest BCUT2D eigenvalue weighted by Crippen LogP contribution is -2.34. The van der Waals surface area contributed by atoms with Crippen LogP contribution in [0.15, 0.2) is 34.9 Å². The van der Waals surface area contributed by atoms with Gasteiger partial charge in [-0.2, -0.15) is 0 Å². The van der Waals surface area contributed by atoms with E-state index in [0.717, 1.165) is 36.5 Å². The maximum atomic E-state index is 12.6. The van der Waals surface area contributed by atoms with Crippen LogP contribution in [0.25, 0.3) is 0 Å². The highest BCUT2D eigenvalue weighted by Gasteiger charge is 2.33. The van der Waals surface area contributed by atoms with Crippen molar-refractivity contribution in [3.63, 3.8) is 0 Å². The van der Waals surface area contributed by atoms with E-state index in [0.29, 0.717) is 5.92 Å². The van der Waals surface area contributed by atoms with Gasteiger partial charge in [0.2, 0.25) is 0 Å². The molecule has 2 amide bonds. The number of carbonyl (C=O) groups excluding carboxylic acids is 1. The van der Waals surface area contributed by atoms with Gasteiger partial charge in [0.15, 0.2) is 5.76 Å². The third-order valence-electron chi connectivity index (χ3n) is 4.28. The molecular weight excluding hydrogens is 290 g/mol. The minimum absolute atomic E-state index is 0.0274. The lowest BCUT2D eigenvalue weighted by molar-refractivity contribution is 0.195. The van der Waals surface area contributed by atoms with Gasteiger partial charge in [0.1, 0.15) is 0 Å². The van der Waals surface area contributed by atoms with E-state index < -0.39 is 0 Å². The van der Waals surface area contributed by atoms with Crippen LogP contribution in [0.1, 0.15) is 55.7 Å². The van der Waals surface area contributed by atoms with Gasteiger partial charge in [0, 0.05) is 18.3 Å². The Bertz CT molecular complexity index is 676. The molecule has 0 unspecified atom stereocenters. The maximum absolute atomic E-state index is 12.6. The summed E-state index contributed by atoms with van der Waals surface area (Å²) in [6.07, 6.45) is 1.89. The number of nitrogens with zero attached hydrogens (tertiary/aromatic N) is 2. The largest absolute Gasteiger partial charge is 0.359 e. The number of benzene rings is 1. The zero-order valence-electron chi connectivity index (χ0n) is 13.9. The van der Waals surface area contributed by atoms with E-state index in [4.69, 9.17) is 4.52 Å². The number of anilines is 1. The first kappa shape index (κ1) is 15.6. The molecule has 0 bridgehead atoms. The van der Waals surface area contributed by atoms with Crippen LogP contribution >= 0.6 is 0 Å². The number of aromatic nitrogens is 1. The molecule has 2 heterocycles. The number of nitrogens with one attached hydrogen (secondary N) is 1. The molecule has 5 heteroatoms. The molecule has 1 aliphatic rings. The molecule has 2 aromatic rings. The van der Waals surface area contributed by atoms with Crippen molar-refractivity contribution in [3.8, 4) is 0 Å². The van der Waals surface area contributed by atoms with Crippen molar-refractivity contribution in [3.05, 3.63) is 47.3 Å². The summed E-state index contributed by atoms with van der Waals surface area (Å²) in [6, 6.07) is 9.68. The fourth-order valence-corrected chi connectivity index (χ4v) is 2.87. The summed E-state index contributed by atoms with van der Waals surface area (Å²) < 4.78 is 5.48. The van der Waals surface area contributed by atoms with Gasteiger partial charge in [-0.05, 0) is 37.8 Å². The number of likely N-dealkylation sites (tertiary alicyclic amines) is 1. The fraction of sp³-hybridized carbons (Fsp3) is 0.444. The SMILES string of the molecule is Cc1ccc(NC(=O)N2CCC[C@H]2c2cc(C(C)C)no2)cc1. The molecular formula is C18H23N3O2. The summed E-state index contributed by atoms with van der Waals surface area (Å²) in [4.78, 5) is 14.4. The lowest BCUT2D eigenvalue weighted by Gasteiger charge is -2.23. The molecule has 1 aromatic heterocycles. The molecule has 1 N–H and O–H groups in total. The third-order valence-corrected chi connectivity index (χ3v) is 4.28. The van der Waals surface area contributed by atoms with Crippen LogP contribution in [-0.4, -0.2) is 22.6 Å². The van der Waals surface area contributed by atoms with Crippen LogP contribution in [0.3, 0.4) is 0 Å². The minimum Gasteiger partial charge on any atom is -0.359 e. The summed E-state index contributed by atoms with van der Waals surface area (Å²) in [7, 11) is 0. The summed E-state index contributed by atoms with van der Waals surface area (Å²) in [6.45, 7) is 6.93. The Morgan fingerprint density at radius 2 is 2.09 bits per heavy atom. The van der Waals surface area contributed by atoms with E-state index in [1.807, 2.05) is 42.2 Å². The highest BCUT2D eigenvalue weighted by atomic mass is 16.5. The molecule has 1 aliphatic heterocycles. The highest BCUT2D eigenvalue weighted by Crippen LogP contribution is 2.33. The van der Waals surface area contributed by atoms with Crippen molar-refractivity contribution in [1.82, 2.24) is 10.1 Å². The topological polar surface area (TPSA) is 58.4 Å². The summed E-state index contributed by atoms with van der Waals surface area (Å²) in [5, 5.41) is 7.08. The first-order valence-electron chi connectivity index (χ1n) is 8.15. The van der Waals surface area contributed by atoms with Gasteiger partial charge < -0.3 is 14.7 Å². The van der Waals surface area contributed by atoms with E-state index in [2.05, 4.69) is 24.3 Å². The van der Waals surface area contributed by atoms with Crippen LogP contribution in [0.2, 0.25) is 0 Å². The van der Waals surface area contributed by atoms with Gasteiger partial charge in [0.05, 0.1) is 11.7 Å². The number of amides is 2. The second kappa shape index (κ2) is 6.44. The van der Waals surface area contributed by atoms with Gasteiger partial charge in [0.25, 0.3) is 0 Å². The van der Waals surface area contributed by atoms with Crippen LogP contribution in [-0.2, 0) is 0 Å². The van der Waals surface area contributed by atoms with Crippen molar-refractivity contribution < 1.29 is 9.32 Å². The van der Waals surface area contributed by atoms with E-state index in [-0.39, 0.29) is 12.1 Å². The molecule has 1 fully saturated rings. The van der Waals surface area contributed by atoms with Crippen molar-refractivity contribution in [2.45, 2.75) is 45.6 Å². The van der Waals surface area contributed by atoms with E-state index in [1.165, 1.54) is 5.56 Å². The van der Waals surface area contributed by atoms with E-state index >= 15 is 0 Å². The molecule has 122 valence electrons. The van der Waals surface area contributed by atoms with Gasteiger partial charge in [-0.3, -0.25) is 0 Å². The van der Waals surface area contributed by atoms with E-state index in [9.17, 15) is 4.79 Å². The Morgan fingerprint density at radius 3 is 2.74 bits per heavy atom. The number of hydrogen-bond acceptors (Lipinski definition) is 3. The Kier molecular flexibility index (Phi) is 4.37. The van der Waals surface area contributed by atoms with Crippen molar-refractivity contribution in [2.75, 3.05) is 11.9 Å². The molecule has 1 aromatic carbocycles. The standard InChI is InChI=1S/C18H23N3O2/c1-12(2)15-11-17(23-20-15)16-5-4-10-21(16)18(22)19-14-8-6-13(3)7-9-14/h6-9,11-12,16H,4-5,10H2,1-3H3,(H,19,22)/t16-/m0/s1. The Hall–Kier alpha value is -2.30. The molecule has 23 heavy (non-hydrogen) atoms. The monoisotopic (exact) mass is 313 g/mol. The van der Waals surface area contributed by atoms with Gasteiger partial charge in [-0.15, -0.1) is 0 Å². The Morgan fingerprint density at radius 1 is 1.35 bits per heavy atom. The van der Waals surface area contributed by atoms with Crippen LogP contribution < -0.4 is 5.32 Å². The molecule has 0 radical (unpaired) electrons. The lowest BCUT2D eigenvalue weighted by atomic mass is 10.1. The van der Waals surface area contributed by atoms with Crippen LogP contribution in [0.5, 0.6) is 0 Å². The minimum atomic E-state index is -0.0844. The molecule has 1 atom stereocenters. The predicted molar refractivity (Wildman–Crippen MR) is 89.5 cm³/mol. The number of urea groups is 1. The van der Waals surface area contributed by atoms with Crippen molar-refractivity contribution in [1.29, 1.82) is 0 Å². The van der Waals surface area contributed by atoms with Gasteiger partial charge in [-0.1, -0.05) is 36.7 Å². The summed E-state index contributed by atoms with van der Waals surface area (Å²) in [5.74, 6) is 1.11. The summed E-state index contributed by atoms with van der Waals surface area (Å²) in [5.41, 5.74) is 2.92. The van der Waals surface area contributed by atoms with Gasteiger partial charge in [-0.25, -0.2) is 4.79 Å². The molecule has 3 rings (SSSR count). The Labute approximate surface area is 136 Å². The average Bonchev–Trinajstić information content (AvgIpc) is 3.17. The number of rotatable bonds is 3. The number of hydrogen-bond donors (Lipinski definition) is 1. The maximum Gasteiger partial charge on any atom is 0.322 e. The Balaban J connectivity index is 1.72. The average molecular weight is 313 g/mol. The summed E-state index contributed by atoms with van der Waals surface area (Å²) >= 11 is 0. The quantitative estimate of drug-likeness (QED) is 0.909. The highest BCUT2D eigenvalue weighted by molar-refractivity contribution is 5.89. The zero-order chi connectivity index (χ0) is 16.4. The molecule has 0 aliphatic carbocycles. The molecule has 0 saturated carbocycles. The molecule has 0 spiro atoms. The second-order valence-electron chi connectivity index (χ2n) is 6.46. The zero-order valence-corrected chi connectivity index (χ0v) is 13.9. The first-order chi connectivity index (χ1) is 11.0. The molecule has 1 saturated heterocycles. The number of aryl methyl sites for hydroxylation is 1. The van der Waals surface area contributed by atoms with Crippen LogP contribution in [0.4, 0.5) is 10.5 Å².